The van der Waals surface area contributed by atoms with E-state index in [4.69, 9.17) is 9.47 Å². The van der Waals surface area contributed by atoms with Gasteiger partial charge < -0.3 is 19.9 Å². The largest absolute Gasteiger partial charge is 0.497 e. The number of benzene rings is 2. The molecule has 0 bridgehead atoms. The summed E-state index contributed by atoms with van der Waals surface area (Å²) in [6.07, 6.45) is 0.646. The number of aliphatic hydroxyl groups excluding tert-OH is 1. The number of nitrogens with one attached hydrogen (secondary N) is 1. The van der Waals surface area contributed by atoms with E-state index in [1.54, 1.807) is 7.11 Å². The second-order valence-corrected chi connectivity index (χ2v) is 5.36. The summed E-state index contributed by atoms with van der Waals surface area (Å²) in [7, 11) is 1.65. The molecular formula is C19H25NO3. The van der Waals surface area contributed by atoms with Crippen LogP contribution in [0.3, 0.4) is 0 Å². The molecule has 0 heterocycles. The predicted molar refractivity (Wildman–Crippen MR) is 92.0 cm³/mol. The van der Waals surface area contributed by atoms with Crippen molar-refractivity contribution in [2.24, 2.45) is 0 Å². The Bertz CT molecular complexity index is 557. The molecule has 2 N–H and O–H groups in total. The highest BCUT2D eigenvalue weighted by molar-refractivity contribution is 5.30. The lowest BCUT2D eigenvalue weighted by Crippen LogP contribution is -2.38. The van der Waals surface area contributed by atoms with Gasteiger partial charge in [0.05, 0.1) is 19.8 Å². The maximum absolute atomic E-state index is 9.83. The van der Waals surface area contributed by atoms with Crippen molar-refractivity contribution in [3.05, 3.63) is 60.2 Å². The van der Waals surface area contributed by atoms with Gasteiger partial charge in [0.1, 0.15) is 17.6 Å². The molecule has 4 nitrogen and oxygen atoms in total. The molecule has 0 aliphatic carbocycles. The minimum atomic E-state index is -0.364. The van der Waals surface area contributed by atoms with Crippen molar-refractivity contribution < 1.29 is 14.6 Å². The van der Waals surface area contributed by atoms with Crippen LogP contribution in [0.15, 0.2) is 54.6 Å². The van der Waals surface area contributed by atoms with Crippen molar-refractivity contribution in [1.82, 2.24) is 5.32 Å². The Morgan fingerprint density at radius 3 is 2.26 bits per heavy atom. The third-order valence-electron chi connectivity index (χ3n) is 3.67. The normalized spacial score (nSPS) is 13.3. The van der Waals surface area contributed by atoms with E-state index in [1.807, 2.05) is 54.6 Å². The molecule has 0 spiro atoms. The molecule has 2 aromatic carbocycles. The van der Waals surface area contributed by atoms with E-state index in [2.05, 4.69) is 12.2 Å². The van der Waals surface area contributed by atoms with Crippen molar-refractivity contribution in [3.63, 3.8) is 0 Å². The highest BCUT2D eigenvalue weighted by Crippen LogP contribution is 2.24. The summed E-state index contributed by atoms with van der Waals surface area (Å²) in [6.45, 7) is 2.90. The lowest BCUT2D eigenvalue weighted by molar-refractivity contribution is 0.0825. The van der Waals surface area contributed by atoms with Crippen molar-refractivity contribution in [2.45, 2.75) is 25.5 Å². The zero-order valence-corrected chi connectivity index (χ0v) is 13.7. The van der Waals surface area contributed by atoms with E-state index in [1.165, 1.54) is 0 Å². The zero-order valence-electron chi connectivity index (χ0n) is 13.7. The molecule has 23 heavy (non-hydrogen) atoms. The van der Waals surface area contributed by atoms with Crippen LogP contribution in [-0.2, 0) is 0 Å². The van der Waals surface area contributed by atoms with E-state index in [0.29, 0.717) is 0 Å². The highest BCUT2D eigenvalue weighted by atomic mass is 16.5. The summed E-state index contributed by atoms with van der Waals surface area (Å²) in [5.74, 6) is 1.57. The summed E-state index contributed by atoms with van der Waals surface area (Å²) in [4.78, 5) is 0. The average molecular weight is 315 g/mol. The molecule has 0 aromatic heterocycles. The molecule has 0 fully saturated rings. The molecule has 2 rings (SSSR count). The molecule has 0 radical (unpaired) electrons. The van der Waals surface area contributed by atoms with Crippen LogP contribution in [-0.4, -0.2) is 31.5 Å². The summed E-state index contributed by atoms with van der Waals surface area (Å²) in [5.41, 5.74) is 1.06. The summed E-state index contributed by atoms with van der Waals surface area (Å²) < 4.78 is 11.2. The number of hydrogen-bond acceptors (Lipinski definition) is 4. The number of hydrogen-bond donors (Lipinski definition) is 2. The van der Waals surface area contributed by atoms with Gasteiger partial charge in [-0.15, -0.1) is 0 Å². The Balaban J connectivity index is 2.19. The van der Waals surface area contributed by atoms with Crippen molar-refractivity contribution >= 4 is 0 Å². The molecule has 0 aliphatic heterocycles. The molecular weight excluding hydrogens is 290 g/mol. The lowest BCUT2D eigenvalue weighted by atomic mass is 10.0. The van der Waals surface area contributed by atoms with Crippen LogP contribution in [0.2, 0.25) is 0 Å². The van der Waals surface area contributed by atoms with Gasteiger partial charge >= 0.3 is 0 Å². The second-order valence-electron chi connectivity index (χ2n) is 5.36. The van der Waals surface area contributed by atoms with E-state index < -0.39 is 0 Å². The standard InChI is InChI=1S/C19H25NO3/c1-3-13-20-19(15-9-11-16(22-2)12-10-15)18(14-21)23-17-7-5-4-6-8-17/h4-12,18-21H,3,13-14H2,1-2H3/t18-,19-/m0/s1. The number of aliphatic hydroxyl groups is 1. The lowest BCUT2D eigenvalue weighted by Gasteiger charge is -2.28. The highest BCUT2D eigenvalue weighted by Gasteiger charge is 2.24. The first-order valence-corrected chi connectivity index (χ1v) is 7.98. The van der Waals surface area contributed by atoms with Crippen molar-refractivity contribution in [3.8, 4) is 11.5 Å². The monoisotopic (exact) mass is 315 g/mol. The van der Waals surface area contributed by atoms with Crippen LogP contribution in [0.25, 0.3) is 0 Å². The van der Waals surface area contributed by atoms with Crippen LogP contribution in [0.5, 0.6) is 11.5 Å². The smallest absolute Gasteiger partial charge is 0.141 e. The van der Waals surface area contributed by atoms with Crippen LogP contribution < -0.4 is 14.8 Å². The number of methoxy groups -OCH3 is 1. The maximum Gasteiger partial charge on any atom is 0.141 e. The van der Waals surface area contributed by atoms with Crippen molar-refractivity contribution in [1.29, 1.82) is 0 Å². The van der Waals surface area contributed by atoms with Crippen LogP contribution in [0, 0.1) is 0 Å². The molecule has 2 aromatic rings. The fourth-order valence-electron chi connectivity index (χ4n) is 2.46. The van der Waals surface area contributed by atoms with E-state index in [0.717, 1.165) is 30.0 Å². The Hall–Kier alpha value is -2.04. The summed E-state index contributed by atoms with van der Waals surface area (Å²) >= 11 is 0. The van der Waals surface area contributed by atoms with E-state index in [9.17, 15) is 5.11 Å². The maximum atomic E-state index is 9.83. The molecule has 124 valence electrons. The minimum absolute atomic E-state index is 0.0672. The zero-order chi connectivity index (χ0) is 16.5. The number of rotatable bonds is 9. The molecule has 4 heteroatoms. The van der Waals surface area contributed by atoms with Crippen LogP contribution in [0.4, 0.5) is 0 Å². The van der Waals surface area contributed by atoms with Gasteiger partial charge in [0, 0.05) is 0 Å². The summed E-state index contributed by atoms with van der Waals surface area (Å²) in [6, 6.07) is 17.3. The quantitative estimate of drug-likeness (QED) is 0.746. The molecule has 0 aliphatic rings. The van der Waals surface area contributed by atoms with Crippen LogP contribution in [0.1, 0.15) is 24.9 Å². The van der Waals surface area contributed by atoms with Gasteiger partial charge in [-0.3, -0.25) is 0 Å². The van der Waals surface area contributed by atoms with Gasteiger partial charge in [-0.05, 0) is 42.8 Å². The molecule has 0 amide bonds. The van der Waals surface area contributed by atoms with E-state index >= 15 is 0 Å². The fraction of sp³-hybridized carbons (Fsp3) is 0.368. The Morgan fingerprint density at radius 1 is 1.00 bits per heavy atom. The molecule has 0 saturated heterocycles. The summed E-state index contributed by atoms with van der Waals surface area (Å²) in [5, 5.41) is 13.3. The Labute approximate surface area is 138 Å². The third-order valence-corrected chi connectivity index (χ3v) is 3.67. The van der Waals surface area contributed by atoms with Crippen molar-refractivity contribution in [2.75, 3.05) is 20.3 Å². The van der Waals surface area contributed by atoms with Gasteiger partial charge in [0.15, 0.2) is 0 Å². The van der Waals surface area contributed by atoms with Crippen LogP contribution >= 0.6 is 0 Å². The Morgan fingerprint density at radius 2 is 1.70 bits per heavy atom. The van der Waals surface area contributed by atoms with Gasteiger partial charge in [0.2, 0.25) is 0 Å². The molecule has 0 saturated carbocycles. The van der Waals surface area contributed by atoms with Gasteiger partial charge in [-0.2, -0.15) is 0 Å². The SMILES string of the molecule is CCCN[C@@H](c1ccc(OC)cc1)[C@H](CO)Oc1ccccc1. The number of para-hydroxylation sites is 1. The van der Waals surface area contributed by atoms with Gasteiger partial charge in [0.25, 0.3) is 0 Å². The topological polar surface area (TPSA) is 50.7 Å². The second kappa shape index (κ2) is 9.18. The van der Waals surface area contributed by atoms with E-state index in [-0.39, 0.29) is 18.8 Å². The first-order chi connectivity index (χ1) is 11.3. The predicted octanol–water partition coefficient (Wildman–Crippen LogP) is 3.18. The van der Waals surface area contributed by atoms with Gasteiger partial charge in [-0.1, -0.05) is 37.3 Å². The van der Waals surface area contributed by atoms with Gasteiger partial charge in [-0.25, -0.2) is 0 Å². The average Bonchev–Trinajstić information content (AvgIpc) is 2.62. The fourth-order valence-corrected chi connectivity index (χ4v) is 2.46. The molecule has 2 atom stereocenters. The minimum Gasteiger partial charge on any atom is -0.497 e. The third kappa shape index (κ3) is 4.98. The first kappa shape index (κ1) is 17.3. The first-order valence-electron chi connectivity index (χ1n) is 7.98. The number of ether oxygens (including phenoxy) is 2. The molecule has 0 unspecified atom stereocenters. The Kier molecular flexibility index (Phi) is 6.91.